The zero-order chi connectivity index (χ0) is 14.6. The van der Waals surface area contributed by atoms with E-state index in [4.69, 9.17) is 5.11 Å². The summed E-state index contributed by atoms with van der Waals surface area (Å²) >= 11 is 0. The van der Waals surface area contributed by atoms with Crippen LogP contribution in [0.15, 0.2) is 18.3 Å². The molecule has 3 N–H and O–H groups in total. The van der Waals surface area contributed by atoms with Crippen LogP contribution in [-0.2, 0) is 11.0 Å². The van der Waals surface area contributed by atoms with Crippen molar-refractivity contribution in [2.45, 2.75) is 19.1 Å². The van der Waals surface area contributed by atoms with Gasteiger partial charge < -0.3 is 15.7 Å². The summed E-state index contributed by atoms with van der Waals surface area (Å²) in [6, 6.07) is -0.254. The number of urea groups is 1. The summed E-state index contributed by atoms with van der Waals surface area (Å²) in [5.41, 5.74) is -1.07. The van der Waals surface area contributed by atoms with Crippen molar-refractivity contribution in [3.05, 3.63) is 24.0 Å². The fourth-order valence-corrected chi connectivity index (χ4v) is 1.06. The maximum atomic E-state index is 12.2. The Hall–Kier alpha value is -2.32. The van der Waals surface area contributed by atoms with Crippen LogP contribution in [0.5, 0.6) is 0 Å². The summed E-state index contributed by atoms with van der Waals surface area (Å²) in [6.45, 7) is 1.24. The summed E-state index contributed by atoms with van der Waals surface area (Å²) in [5.74, 6) is -1.24. The molecule has 1 atom stereocenters. The molecule has 2 amide bonds. The Labute approximate surface area is 105 Å². The molecule has 1 aromatic heterocycles. The van der Waals surface area contributed by atoms with Gasteiger partial charge in [-0.05, 0) is 19.1 Å². The lowest BCUT2D eigenvalue weighted by Gasteiger charge is -2.11. The number of nitrogens with one attached hydrogen (secondary N) is 2. The fourth-order valence-electron chi connectivity index (χ4n) is 1.06. The van der Waals surface area contributed by atoms with Gasteiger partial charge in [-0.1, -0.05) is 0 Å². The van der Waals surface area contributed by atoms with Crippen molar-refractivity contribution in [1.29, 1.82) is 0 Å². The van der Waals surface area contributed by atoms with Crippen molar-refractivity contribution in [2.75, 3.05) is 5.32 Å². The number of hydrogen-bond donors (Lipinski definition) is 3. The standard InChI is InChI=1S/C10H10F3N3O3/c1-5(8(17)18)15-9(19)16-6-2-3-7(14-4-6)10(11,12)13/h2-5H,1H3,(H,17,18)(H2,15,16,19)/t5-/m0/s1. The highest BCUT2D eigenvalue weighted by atomic mass is 19.4. The molecule has 0 unspecified atom stereocenters. The quantitative estimate of drug-likeness (QED) is 0.784. The molecule has 0 spiro atoms. The number of halogens is 3. The van der Waals surface area contributed by atoms with Crippen molar-refractivity contribution >= 4 is 17.7 Å². The number of nitrogens with zero attached hydrogens (tertiary/aromatic N) is 1. The first-order chi connectivity index (χ1) is 8.70. The molecule has 6 nitrogen and oxygen atoms in total. The average molecular weight is 277 g/mol. The third kappa shape index (κ3) is 4.45. The maximum absolute atomic E-state index is 12.2. The van der Waals surface area contributed by atoms with E-state index in [-0.39, 0.29) is 5.69 Å². The summed E-state index contributed by atoms with van der Waals surface area (Å²) in [7, 11) is 0. The number of rotatable bonds is 3. The monoisotopic (exact) mass is 277 g/mol. The van der Waals surface area contributed by atoms with E-state index in [1.807, 2.05) is 0 Å². The molecule has 0 bridgehead atoms. The zero-order valence-corrected chi connectivity index (χ0v) is 9.65. The SMILES string of the molecule is C[C@H](NC(=O)Nc1ccc(C(F)(F)F)nc1)C(=O)O. The Morgan fingerprint density at radius 2 is 2.00 bits per heavy atom. The van der Waals surface area contributed by atoms with Crippen LogP contribution in [0.3, 0.4) is 0 Å². The molecule has 0 aromatic carbocycles. The number of carbonyl (C=O) groups is 2. The predicted octanol–water partition coefficient (Wildman–Crippen LogP) is 1.69. The Kier molecular flexibility index (Phi) is 4.30. The Balaban J connectivity index is 2.63. The van der Waals surface area contributed by atoms with Gasteiger partial charge in [0.1, 0.15) is 11.7 Å². The van der Waals surface area contributed by atoms with Crippen LogP contribution in [0.2, 0.25) is 0 Å². The molecular weight excluding hydrogens is 267 g/mol. The first-order valence-electron chi connectivity index (χ1n) is 5.03. The Morgan fingerprint density at radius 3 is 2.42 bits per heavy atom. The average Bonchev–Trinajstić information content (AvgIpc) is 2.28. The molecule has 1 heterocycles. The second kappa shape index (κ2) is 5.55. The number of pyridine rings is 1. The van der Waals surface area contributed by atoms with E-state index in [2.05, 4.69) is 15.6 Å². The molecule has 1 aromatic rings. The van der Waals surface area contributed by atoms with Crippen molar-refractivity contribution in [3.8, 4) is 0 Å². The normalized spacial score (nSPS) is 12.6. The topological polar surface area (TPSA) is 91.3 Å². The van der Waals surface area contributed by atoms with Crippen LogP contribution in [-0.4, -0.2) is 28.1 Å². The zero-order valence-electron chi connectivity index (χ0n) is 9.65. The summed E-state index contributed by atoms with van der Waals surface area (Å²) < 4.78 is 36.6. The molecule has 9 heteroatoms. The Morgan fingerprint density at radius 1 is 1.37 bits per heavy atom. The van der Waals surface area contributed by atoms with Crippen LogP contribution >= 0.6 is 0 Å². The largest absolute Gasteiger partial charge is 0.480 e. The summed E-state index contributed by atoms with van der Waals surface area (Å²) in [5, 5.41) is 12.8. The number of anilines is 1. The molecule has 0 radical (unpaired) electrons. The van der Waals surface area contributed by atoms with Gasteiger partial charge in [-0.15, -0.1) is 0 Å². The molecule has 19 heavy (non-hydrogen) atoms. The second-order valence-corrected chi connectivity index (χ2v) is 3.59. The van der Waals surface area contributed by atoms with E-state index >= 15 is 0 Å². The third-order valence-corrected chi connectivity index (χ3v) is 2.03. The van der Waals surface area contributed by atoms with Gasteiger partial charge in [0.05, 0.1) is 11.9 Å². The lowest BCUT2D eigenvalue weighted by atomic mass is 10.3. The number of carboxylic acid groups (broad SMARTS) is 1. The maximum Gasteiger partial charge on any atom is 0.433 e. The predicted molar refractivity (Wildman–Crippen MR) is 58.5 cm³/mol. The third-order valence-electron chi connectivity index (χ3n) is 2.03. The lowest BCUT2D eigenvalue weighted by molar-refractivity contribution is -0.141. The summed E-state index contributed by atoms with van der Waals surface area (Å²) in [6.07, 6.45) is -3.73. The van der Waals surface area contributed by atoms with Crippen LogP contribution < -0.4 is 10.6 Å². The smallest absolute Gasteiger partial charge is 0.433 e. The number of aromatic nitrogens is 1. The molecule has 0 saturated heterocycles. The molecular formula is C10H10F3N3O3. The van der Waals surface area contributed by atoms with Crippen LogP contribution in [0.25, 0.3) is 0 Å². The minimum Gasteiger partial charge on any atom is -0.480 e. The molecule has 0 aliphatic rings. The number of alkyl halides is 3. The minimum absolute atomic E-state index is 0.0167. The molecule has 0 aliphatic carbocycles. The van der Waals surface area contributed by atoms with Crippen LogP contribution in [0, 0.1) is 0 Å². The van der Waals surface area contributed by atoms with E-state index in [0.717, 1.165) is 12.3 Å². The van der Waals surface area contributed by atoms with Crippen LogP contribution in [0.4, 0.5) is 23.7 Å². The minimum atomic E-state index is -4.56. The number of carboxylic acids is 1. The second-order valence-electron chi connectivity index (χ2n) is 3.59. The van der Waals surface area contributed by atoms with E-state index in [1.54, 1.807) is 0 Å². The van der Waals surface area contributed by atoms with Crippen molar-refractivity contribution in [3.63, 3.8) is 0 Å². The van der Waals surface area contributed by atoms with Gasteiger partial charge in [0.2, 0.25) is 0 Å². The van der Waals surface area contributed by atoms with E-state index in [1.165, 1.54) is 6.92 Å². The van der Waals surface area contributed by atoms with Crippen molar-refractivity contribution in [1.82, 2.24) is 10.3 Å². The first kappa shape index (κ1) is 14.7. The highest BCUT2D eigenvalue weighted by Gasteiger charge is 2.32. The first-order valence-corrected chi connectivity index (χ1v) is 5.03. The van der Waals surface area contributed by atoms with Gasteiger partial charge in [-0.25, -0.2) is 9.78 Å². The summed E-state index contributed by atoms with van der Waals surface area (Å²) in [4.78, 5) is 24.9. The van der Waals surface area contributed by atoms with E-state index in [9.17, 15) is 22.8 Å². The Bertz CT molecular complexity index is 473. The van der Waals surface area contributed by atoms with E-state index in [0.29, 0.717) is 6.07 Å². The van der Waals surface area contributed by atoms with Gasteiger partial charge >= 0.3 is 18.2 Å². The molecule has 0 saturated carbocycles. The molecule has 1 rings (SSSR count). The number of carbonyl (C=O) groups excluding carboxylic acids is 1. The molecule has 0 aliphatic heterocycles. The van der Waals surface area contributed by atoms with Gasteiger partial charge in [-0.2, -0.15) is 13.2 Å². The van der Waals surface area contributed by atoms with Gasteiger partial charge in [0, 0.05) is 0 Å². The highest BCUT2D eigenvalue weighted by molar-refractivity contribution is 5.91. The van der Waals surface area contributed by atoms with E-state index < -0.39 is 29.9 Å². The lowest BCUT2D eigenvalue weighted by Crippen LogP contribution is -2.40. The van der Waals surface area contributed by atoms with Gasteiger partial charge in [0.15, 0.2) is 0 Å². The number of hydrogen-bond acceptors (Lipinski definition) is 3. The van der Waals surface area contributed by atoms with Crippen LogP contribution in [0.1, 0.15) is 12.6 Å². The molecule has 104 valence electrons. The van der Waals surface area contributed by atoms with Crippen molar-refractivity contribution in [2.24, 2.45) is 0 Å². The van der Waals surface area contributed by atoms with Gasteiger partial charge in [0.25, 0.3) is 0 Å². The highest BCUT2D eigenvalue weighted by Crippen LogP contribution is 2.27. The number of amides is 2. The molecule has 0 fully saturated rings. The fraction of sp³-hybridized carbons (Fsp3) is 0.300. The number of aliphatic carboxylic acids is 1. The van der Waals surface area contributed by atoms with Crippen molar-refractivity contribution < 1.29 is 27.9 Å². The van der Waals surface area contributed by atoms with Gasteiger partial charge in [-0.3, -0.25) is 4.79 Å².